The van der Waals surface area contributed by atoms with Crippen LogP contribution in [0.15, 0.2) is 41.0 Å². The number of hydrogen-bond acceptors (Lipinski definition) is 4. The van der Waals surface area contributed by atoms with Crippen LogP contribution in [0.1, 0.15) is 21.6 Å². The van der Waals surface area contributed by atoms with Crippen LogP contribution in [0.5, 0.6) is 0 Å². The lowest BCUT2D eigenvalue weighted by atomic mass is 10.1. The second-order valence-corrected chi connectivity index (χ2v) is 4.77. The number of furan rings is 1. The van der Waals surface area contributed by atoms with Crippen molar-refractivity contribution in [3.8, 4) is 17.1 Å². The molecule has 21 heavy (non-hydrogen) atoms. The Morgan fingerprint density at radius 2 is 2.10 bits per heavy atom. The SMILES string of the molecule is Cc1ccc(C)c(-n2nnc(C(=O)O)c2-c2ccco2)c1. The molecule has 2 heterocycles. The summed E-state index contributed by atoms with van der Waals surface area (Å²) in [4.78, 5) is 11.4. The summed E-state index contributed by atoms with van der Waals surface area (Å²) >= 11 is 0. The maximum absolute atomic E-state index is 11.4. The third kappa shape index (κ3) is 2.20. The summed E-state index contributed by atoms with van der Waals surface area (Å²) in [5.41, 5.74) is 3.00. The third-order valence-corrected chi connectivity index (χ3v) is 3.22. The van der Waals surface area contributed by atoms with Crippen molar-refractivity contribution in [1.82, 2.24) is 15.0 Å². The number of aryl methyl sites for hydroxylation is 2. The Kier molecular flexibility index (Phi) is 3.06. The van der Waals surface area contributed by atoms with Crippen molar-refractivity contribution in [2.45, 2.75) is 13.8 Å². The van der Waals surface area contributed by atoms with Crippen molar-refractivity contribution in [2.24, 2.45) is 0 Å². The number of rotatable bonds is 3. The summed E-state index contributed by atoms with van der Waals surface area (Å²) in [6.45, 7) is 3.90. The first-order valence-corrected chi connectivity index (χ1v) is 6.38. The van der Waals surface area contributed by atoms with Gasteiger partial charge in [0, 0.05) is 0 Å². The molecular formula is C15H13N3O3. The largest absolute Gasteiger partial charge is 0.476 e. The lowest BCUT2D eigenvalue weighted by Crippen LogP contribution is -2.04. The minimum absolute atomic E-state index is 0.133. The number of carbonyl (C=O) groups is 1. The second kappa shape index (κ2) is 4.90. The number of carboxylic acid groups (broad SMARTS) is 1. The van der Waals surface area contributed by atoms with E-state index in [1.165, 1.54) is 10.9 Å². The van der Waals surface area contributed by atoms with Gasteiger partial charge in [0.25, 0.3) is 0 Å². The fraction of sp³-hybridized carbons (Fsp3) is 0.133. The van der Waals surface area contributed by atoms with Gasteiger partial charge in [0.1, 0.15) is 5.69 Å². The van der Waals surface area contributed by atoms with Crippen LogP contribution in [-0.4, -0.2) is 26.1 Å². The van der Waals surface area contributed by atoms with E-state index in [4.69, 9.17) is 4.42 Å². The molecule has 2 aromatic heterocycles. The number of aromatic nitrogens is 3. The van der Waals surface area contributed by atoms with Gasteiger partial charge in [-0.1, -0.05) is 17.3 Å². The normalized spacial score (nSPS) is 10.8. The molecule has 0 amide bonds. The summed E-state index contributed by atoms with van der Waals surface area (Å²) in [5.74, 6) is -0.726. The van der Waals surface area contributed by atoms with E-state index in [-0.39, 0.29) is 5.69 Å². The predicted octanol–water partition coefficient (Wildman–Crippen LogP) is 2.84. The van der Waals surface area contributed by atoms with Gasteiger partial charge >= 0.3 is 5.97 Å². The van der Waals surface area contributed by atoms with Gasteiger partial charge < -0.3 is 9.52 Å². The molecule has 0 radical (unpaired) electrons. The molecule has 0 spiro atoms. The Bertz CT molecular complexity index is 804. The number of aromatic carboxylic acids is 1. The standard InChI is InChI=1S/C15H13N3O3/c1-9-5-6-10(2)11(8-9)18-14(12-4-3-7-21-12)13(15(19)20)16-17-18/h3-8H,1-2H3,(H,19,20). The zero-order valence-electron chi connectivity index (χ0n) is 11.6. The lowest BCUT2D eigenvalue weighted by Gasteiger charge is -2.09. The highest BCUT2D eigenvalue weighted by Crippen LogP contribution is 2.27. The van der Waals surface area contributed by atoms with Crippen LogP contribution in [0.25, 0.3) is 17.1 Å². The summed E-state index contributed by atoms with van der Waals surface area (Å²) < 4.78 is 6.84. The van der Waals surface area contributed by atoms with Crippen LogP contribution in [0.4, 0.5) is 0 Å². The second-order valence-electron chi connectivity index (χ2n) is 4.77. The summed E-state index contributed by atoms with van der Waals surface area (Å²) in [6, 6.07) is 9.26. The zero-order chi connectivity index (χ0) is 15.0. The molecule has 1 aromatic carbocycles. The van der Waals surface area contributed by atoms with Crippen LogP contribution >= 0.6 is 0 Å². The molecule has 0 fully saturated rings. The molecule has 1 N–H and O–H groups in total. The molecule has 6 heteroatoms. The van der Waals surface area contributed by atoms with Crippen LogP contribution in [0.3, 0.4) is 0 Å². The highest BCUT2D eigenvalue weighted by atomic mass is 16.4. The van der Waals surface area contributed by atoms with Gasteiger partial charge in [-0.25, -0.2) is 9.48 Å². The Balaban J connectivity index is 2.29. The Hall–Kier alpha value is -2.89. The molecule has 3 rings (SSSR count). The van der Waals surface area contributed by atoms with Gasteiger partial charge in [0.2, 0.25) is 5.69 Å². The first kappa shape index (κ1) is 13.1. The minimum atomic E-state index is -1.14. The molecule has 0 saturated carbocycles. The monoisotopic (exact) mass is 283 g/mol. The molecule has 0 aliphatic rings. The first-order chi connectivity index (χ1) is 10.1. The van der Waals surface area contributed by atoms with E-state index in [0.717, 1.165) is 16.8 Å². The molecule has 0 saturated heterocycles. The molecule has 106 valence electrons. The minimum Gasteiger partial charge on any atom is -0.476 e. The molecule has 0 aliphatic carbocycles. The van der Waals surface area contributed by atoms with E-state index in [2.05, 4.69) is 10.3 Å². The molecular weight excluding hydrogens is 270 g/mol. The van der Waals surface area contributed by atoms with Gasteiger partial charge in [0.15, 0.2) is 5.76 Å². The molecule has 3 aromatic rings. The average Bonchev–Trinajstić information content (AvgIpc) is 3.08. The predicted molar refractivity (Wildman–Crippen MR) is 75.5 cm³/mol. The highest BCUT2D eigenvalue weighted by Gasteiger charge is 2.24. The number of hydrogen-bond donors (Lipinski definition) is 1. The van der Waals surface area contributed by atoms with Crippen molar-refractivity contribution in [3.05, 3.63) is 53.4 Å². The lowest BCUT2D eigenvalue weighted by molar-refractivity contribution is 0.0691. The highest BCUT2D eigenvalue weighted by molar-refractivity contribution is 5.92. The van der Waals surface area contributed by atoms with Crippen LogP contribution in [0.2, 0.25) is 0 Å². The zero-order valence-corrected chi connectivity index (χ0v) is 11.6. The van der Waals surface area contributed by atoms with E-state index in [1.54, 1.807) is 12.1 Å². The van der Waals surface area contributed by atoms with Crippen molar-refractivity contribution in [2.75, 3.05) is 0 Å². The number of benzene rings is 1. The third-order valence-electron chi connectivity index (χ3n) is 3.22. The smallest absolute Gasteiger partial charge is 0.358 e. The van der Waals surface area contributed by atoms with Crippen LogP contribution < -0.4 is 0 Å². The molecule has 0 bridgehead atoms. The summed E-state index contributed by atoms with van der Waals surface area (Å²) in [7, 11) is 0. The Morgan fingerprint density at radius 1 is 1.29 bits per heavy atom. The van der Waals surface area contributed by atoms with Crippen LogP contribution in [0, 0.1) is 13.8 Å². The van der Waals surface area contributed by atoms with E-state index >= 15 is 0 Å². The van der Waals surface area contributed by atoms with Crippen molar-refractivity contribution < 1.29 is 14.3 Å². The average molecular weight is 283 g/mol. The van der Waals surface area contributed by atoms with E-state index in [0.29, 0.717) is 11.5 Å². The molecule has 6 nitrogen and oxygen atoms in total. The fourth-order valence-electron chi connectivity index (χ4n) is 2.18. The summed E-state index contributed by atoms with van der Waals surface area (Å²) in [5, 5.41) is 17.1. The first-order valence-electron chi connectivity index (χ1n) is 6.38. The van der Waals surface area contributed by atoms with Crippen molar-refractivity contribution in [1.29, 1.82) is 0 Å². The van der Waals surface area contributed by atoms with E-state index in [1.807, 2.05) is 32.0 Å². The van der Waals surface area contributed by atoms with Crippen LogP contribution in [-0.2, 0) is 0 Å². The summed E-state index contributed by atoms with van der Waals surface area (Å²) in [6.07, 6.45) is 1.49. The van der Waals surface area contributed by atoms with E-state index in [9.17, 15) is 9.90 Å². The quantitative estimate of drug-likeness (QED) is 0.799. The fourth-order valence-corrected chi connectivity index (χ4v) is 2.18. The maximum atomic E-state index is 11.4. The number of nitrogens with zero attached hydrogens (tertiary/aromatic N) is 3. The van der Waals surface area contributed by atoms with Gasteiger partial charge in [-0.15, -0.1) is 5.10 Å². The Labute approximate surface area is 120 Å². The maximum Gasteiger partial charge on any atom is 0.358 e. The van der Waals surface area contributed by atoms with E-state index < -0.39 is 5.97 Å². The van der Waals surface area contributed by atoms with Gasteiger partial charge in [-0.05, 0) is 43.2 Å². The van der Waals surface area contributed by atoms with Crippen molar-refractivity contribution >= 4 is 5.97 Å². The van der Waals surface area contributed by atoms with Gasteiger partial charge in [0.05, 0.1) is 12.0 Å². The molecule has 0 unspecified atom stereocenters. The Morgan fingerprint density at radius 3 is 2.76 bits per heavy atom. The molecule has 0 aliphatic heterocycles. The molecule has 0 atom stereocenters. The topological polar surface area (TPSA) is 81.2 Å². The van der Waals surface area contributed by atoms with Gasteiger partial charge in [-0.3, -0.25) is 0 Å². The van der Waals surface area contributed by atoms with Gasteiger partial charge in [-0.2, -0.15) is 0 Å². The van der Waals surface area contributed by atoms with Crippen molar-refractivity contribution in [3.63, 3.8) is 0 Å². The number of carboxylic acids is 1.